The van der Waals surface area contributed by atoms with E-state index in [-0.39, 0.29) is 30.9 Å². The SMILES string of the molecule is Cc1c(C(=O)N(C)CC(=O)N2CCCC(C(=O)O)C2)cnn1C(C)C. The fraction of sp³-hybridized carbons (Fsp3) is 0.647. The van der Waals surface area contributed by atoms with Crippen LogP contribution >= 0.6 is 0 Å². The molecular weight excluding hydrogens is 324 g/mol. The molecule has 0 aromatic carbocycles. The first kappa shape index (κ1) is 19.0. The van der Waals surface area contributed by atoms with Gasteiger partial charge in [-0.1, -0.05) is 0 Å². The summed E-state index contributed by atoms with van der Waals surface area (Å²) in [6.07, 6.45) is 2.78. The maximum absolute atomic E-state index is 12.6. The van der Waals surface area contributed by atoms with Crippen LogP contribution in [0, 0.1) is 12.8 Å². The Labute approximate surface area is 147 Å². The molecule has 2 rings (SSSR count). The van der Waals surface area contributed by atoms with Crippen LogP contribution in [0.2, 0.25) is 0 Å². The number of rotatable bonds is 5. The predicted molar refractivity (Wildman–Crippen MR) is 91.2 cm³/mol. The second-order valence-corrected chi connectivity index (χ2v) is 6.86. The number of hydrogen-bond donors (Lipinski definition) is 1. The third-order valence-electron chi connectivity index (χ3n) is 4.61. The zero-order valence-corrected chi connectivity index (χ0v) is 15.2. The number of carboxylic acids is 1. The molecule has 0 spiro atoms. The molecule has 1 fully saturated rings. The number of aromatic nitrogens is 2. The number of aliphatic carboxylic acids is 1. The Morgan fingerprint density at radius 1 is 1.40 bits per heavy atom. The molecule has 25 heavy (non-hydrogen) atoms. The van der Waals surface area contributed by atoms with E-state index in [1.54, 1.807) is 11.7 Å². The van der Waals surface area contributed by atoms with Crippen LogP contribution in [0.15, 0.2) is 6.20 Å². The van der Waals surface area contributed by atoms with E-state index in [1.165, 1.54) is 16.0 Å². The highest BCUT2D eigenvalue weighted by Crippen LogP contribution is 2.18. The van der Waals surface area contributed by atoms with Gasteiger partial charge in [-0.2, -0.15) is 5.10 Å². The van der Waals surface area contributed by atoms with E-state index in [1.807, 2.05) is 20.8 Å². The molecule has 0 aliphatic carbocycles. The highest BCUT2D eigenvalue weighted by atomic mass is 16.4. The number of carbonyl (C=O) groups excluding carboxylic acids is 2. The quantitative estimate of drug-likeness (QED) is 0.860. The van der Waals surface area contributed by atoms with Gasteiger partial charge in [0.2, 0.25) is 5.91 Å². The third-order valence-corrected chi connectivity index (χ3v) is 4.61. The molecule has 1 aromatic heterocycles. The van der Waals surface area contributed by atoms with Crippen LogP contribution in [-0.4, -0.2) is 69.2 Å². The van der Waals surface area contributed by atoms with E-state index in [4.69, 9.17) is 5.11 Å². The van der Waals surface area contributed by atoms with Crippen molar-refractivity contribution in [1.29, 1.82) is 0 Å². The van der Waals surface area contributed by atoms with Crippen LogP contribution < -0.4 is 0 Å². The Morgan fingerprint density at radius 3 is 2.64 bits per heavy atom. The van der Waals surface area contributed by atoms with Crippen molar-refractivity contribution >= 4 is 17.8 Å². The van der Waals surface area contributed by atoms with Crippen molar-refractivity contribution in [2.45, 2.75) is 39.7 Å². The number of likely N-dealkylation sites (N-methyl/N-ethyl adjacent to an activating group) is 1. The van der Waals surface area contributed by atoms with Gasteiger partial charge in [0.15, 0.2) is 0 Å². The lowest BCUT2D eigenvalue weighted by atomic mass is 9.98. The van der Waals surface area contributed by atoms with Gasteiger partial charge in [-0.05, 0) is 33.6 Å². The molecule has 8 heteroatoms. The molecule has 1 saturated heterocycles. The van der Waals surface area contributed by atoms with Gasteiger partial charge in [0.05, 0.1) is 24.2 Å². The molecule has 138 valence electrons. The summed E-state index contributed by atoms with van der Waals surface area (Å²) in [4.78, 5) is 39.1. The van der Waals surface area contributed by atoms with E-state index in [0.717, 1.165) is 5.69 Å². The number of amides is 2. The highest BCUT2D eigenvalue weighted by Gasteiger charge is 2.29. The average Bonchev–Trinajstić information content (AvgIpc) is 2.95. The molecule has 0 radical (unpaired) electrons. The van der Waals surface area contributed by atoms with Crippen LogP contribution in [0.5, 0.6) is 0 Å². The minimum absolute atomic E-state index is 0.0720. The lowest BCUT2D eigenvalue weighted by molar-refractivity contribution is -0.145. The minimum Gasteiger partial charge on any atom is -0.481 e. The highest BCUT2D eigenvalue weighted by molar-refractivity contribution is 5.97. The zero-order valence-electron chi connectivity index (χ0n) is 15.2. The van der Waals surface area contributed by atoms with Crippen molar-refractivity contribution in [2.24, 2.45) is 5.92 Å². The topological polar surface area (TPSA) is 95.7 Å². The Balaban J connectivity index is 2.01. The predicted octanol–water partition coefficient (Wildman–Crippen LogP) is 1.17. The number of hydrogen-bond acceptors (Lipinski definition) is 4. The molecule has 2 amide bonds. The van der Waals surface area contributed by atoms with Gasteiger partial charge in [0.1, 0.15) is 0 Å². The van der Waals surface area contributed by atoms with E-state index in [9.17, 15) is 14.4 Å². The molecule has 8 nitrogen and oxygen atoms in total. The minimum atomic E-state index is -0.876. The molecular formula is C17H26N4O4. The number of piperidine rings is 1. The van der Waals surface area contributed by atoms with Crippen molar-refractivity contribution in [3.8, 4) is 0 Å². The summed E-state index contributed by atoms with van der Waals surface area (Å²) < 4.78 is 1.77. The summed E-state index contributed by atoms with van der Waals surface area (Å²) in [6, 6.07) is 0.148. The maximum Gasteiger partial charge on any atom is 0.308 e. The van der Waals surface area contributed by atoms with Crippen LogP contribution in [-0.2, 0) is 9.59 Å². The first-order chi connectivity index (χ1) is 11.7. The average molecular weight is 350 g/mol. The molecule has 2 heterocycles. The van der Waals surface area contributed by atoms with Crippen molar-refractivity contribution < 1.29 is 19.5 Å². The van der Waals surface area contributed by atoms with Crippen molar-refractivity contribution in [3.05, 3.63) is 17.5 Å². The van der Waals surface area contributed by atoms with E-state index >= 15 is 0 Å². The second-order valence-electron chi connectivity index (χ2n) is 6.86. The van der Waals surface area contributed by atoms with E-state index in [2.05, 4.69) is 5.10 Å². The number of carbonyl (C=O) groups is 3. The number of likely N-dealkylation sites (tertiary alicyclic amines) is 1. The monoisotopic (exact) mass is 350 g/mol. The normalized spacial score (nSPS) is 17.6. The summed E-state index contributed by atoms with van der Waals surface area (Å²) >= 11 is 0. The van der Waals surface area contributed by atoms with Gasteiger partial charge in [0.25, 0.3) is 5.91 Å². The van der Waals surface area contributed by atoms with Crippen LogP contribution in [0.1, 0.15) is 48.8 Å². The molecule has 1 unspecified atom stereocenters. The van der Waals surface area contributed by atoms with Gasteiger partial charge < -0.3 is 14.9 Å². The molecule has 1 N–H and O–H groups in total. The Hall–Kier alpha value is -2.38. The van der Waals surface area contributed by atoms with Crippen molar-refractivity contribution in [3.63, 3.8) is 0 Å². The van der Waals surface area contributed by atoms with Crippen LogP contribution in [0.3, 0.4) is 0 Å². The van der Waals surface area contributed by atoms with Crippen LogP contribution in [0.4, 0.5) is 0 Å². The first-order valence-corrected chi connectivity index (χ1v) is 8.52. The Kier molecular flexibility index (Phi) is 5.81. The largest absolute Gasteiger partial charge is 0.481 e. The van der Waals surface area contributed by atoms with Crippen LogP contribution in [0.25, 0.3) is 0 Å². The summed E-state index contributed by atoms with van der Waals surface area (Å²) in [5.41, 5.74) is 1.24. The molecule has 0 bridgehead atoms. The fourth-order valence-corrected chi connectivity index (χ4v) is 3.14. The lowest BCUT2D eigenvalue weighted by Crippen LogP contribution is -2.47. The van der Waals surface area contributed by atoms with Gasteiger partial charge >= 0.3 is 5.97 Å². The maximum atomic E-state index is 12.6. The summed E-state index contributed by atoms with van der Waals surface area (Å²) in [5.74, 6) is -1.89. The summed E-state index contributed by atoms with van der Waals surface area (Å²) in [7, 11) is 1.57. The van der Waals surface area contributed by atoms with E-state index < -0.39 is 11.9 Å². The van der Waals surface area contributed by atoms with Gasteiger partial charge in [-0.15, -0.1) is 0 Å². The zero-order chi connectivity index (χ0) is 18.7. The molecule has 0 saturated carbocycles. The Bertz CT molecular complexity index is 668. The lowest BCUT2D eigenvalue weighted by Gasteiger charge is -2.32. The fourth-order valence-electron chi connectivity index (χ4n) is 3.14. The molecule has 1 aromatic rings. The molecule has 1 atom stereocenters. The number of carboxylic acid groups (broad SMARTS) is 1. The van der Waals surface area contributed by atoms with Gasteiger partial charge in [0, 0.05) is 31.9 Å². The van der Waals surface area contributed by atoms with Crippen molar-refractivity contribution in [1.82, 2.24) is 19.6 Å². The van der Waals surface area contributed by atoms with Crippen molar-refractivity contribution in [2.75, 3.05) is 26.7 Å². The first-order valence-electron chi connectivity index (χ1n) is 8.52. The number of nitrogens with zero attached hydrogens (tertiary/aromatic N) is 4. The smallest absolute Gasteiger partial charge is 0.308 e. The standard InChI is InChI=1S/C17H26N4O4/c1-11(2)21-12(3)14(8-18-21)16(23)19(4)10-15(22)20-7-5-6-13(9-20)17(24)25/h8,11,13H,5-7,9-10H2,1-4H3,(H,24,25). The Morgan fingerprint density at radius 2 is 2.08 bits per heavy atom. The van der Waals surface area contributed by atoms with Gasteiger partial charge in [-0.25, -0.2) is 0 Å². The van der Waals surface area contributed by atoms with Gasteiger partial charge in [-0.3, -0.25) is 19.1 Å². The summed E-state index contributed by atoms with van der Waals surface area (Å²) in [5, 5.41) is 13.3. The van der Waals surface area contributed by atoms with E-state index in [0.29, 0.717) is 24.9 Å². The molecule has 1 aliphatic rings. The second kappa shape index (κ2) is 7.67. The summed E-state index contributed by atoms with van der Waals surface area (Å²) in [6.45, 7) is 6.47. The molecule has 1 aliphatic heterocycles. The third kappa shape index (κ3) is 4.18.